The molecule has 0 unspecified atom stereocenters. The van der Waals surface area contributed by atoms with Crippen molar-refractivity contribution in [3.63, 3.8) is 0 Å². The van der Waals surface area contributed by atoms with Gasteiger partial charge < -0.3 is 25.8 Å². The largest absolute Gasteiger partial charge is 0.449 e. The van der Waals surface area contributed by atoms with Crippen molar-refractivity contribution < 1.29 is 23.8 Å². The first-order valence-electron chi connectivity index (χ1n) is 13.3. The van der Waals surface area contributed by atoms with Gasteiger partial charge >= 0.3 is 6.09 Å². The molecule has 2 saturated carbocycles. The second kappa shape index (κ2) is 11.1. The maximum atomic E-state index is 14.3. The maximum Gasteiger partial charge on any atom is 0.407 e. The van der Waals surface area contributed by atoms with Crippen molar-refractivity contribution in [2.75, 3.05) is 18.5 Å². The zero-order valence-corrected chi connectivity index (χ0v) is 22.4. The van der Waals surface area contributed by atoms with Gasteiger partial charge in [-0.25, -0.2) is 13.7 Å². The topological polar surface area (TPSA) is 154 Å². The Morgan fingerprint density at radius 3 is 2.73 bits per heavy atom. The zero-order chi connectivity index (χ0) is 28.4. The normalized spacial score (nSPS) is 19.3. The monoisotopic (exact) mass is 549 g/mol. The van der Waals surface area contributed by atoms with Crippen molar-refractivity contribution in [2.45, 2.75) is 63.4 Å². The first kappa shape index (κ1) is 27.3. The van der Waals surface area contributed by atoms with Gasteiger partial charge in [-0.15, -0.1) is 0 Å². The highest BCUT2D eigenvalue weighted by Gasteiger charge is 2.32. The highest BCUT2D eigenvalue weighted by atomic mass is 19.1. The summed E-state index contributed by atoms with van der Waals surface area (Å²) in [6.07, 6.45) is 4.33. The van der Waals surface area contributed by atoms with E-state index < -0.39 is 17.7 Å². The summed E-state index contributed by atoms with van der Waals surface area (Å²) in [5, 5.41) is 32.1. The summed E-state index contributed by atoms with van der Waals surface area (Å²) in [7, 11) is 0. The van der Waals surface area contributed by atoms with E-state index >= 15 is 0 Å². The number of aliphatic hydroxyl groups is 1. The van der Waals surface area contributed by atoms with Crippen LogP contribution in [-0.2, 0) is 4.74 Å². The van der Waals surface area contributed by atoms with Gasteiger partial charge in [0.2, 0.25) is 0 Å². The number of fused-ring (bicyclic) bond motifs is 1. The quantitative estimate of drug-likeness (QED) is 0.301. The lowest BCUT2D eigenvalue weighted by Gasteiger charge is -2.36. The molecular formula is C28H32FN7O4. The summed E-state index contributed by atoms with van der Waals surface area (Å²) >= 11 is 0. The number of hydrogen-bond donors (Lipinski definition) is 4. The van der Waals surface area contributed by atoms with Gasteiger partial charge in [-0.05, 0) is 69.7 Å². The van der Waals surface area contributed by atoms with Gasteiger partial charge in [-0.3, -0.25) is 9.78 Å². The van der Waals surface area contributed by atoms with Gasteiger partial charge in [0.05, 0.1) is 58.7 Å². The molecule has 210 valence electrons. The summed E-state index contributed by atoms with van der Waals surface area (Å²) in [5.74, 6) is -0.325. The van der Waals surface area contributed by atoms with Crippen LogP contribution in [0.4, 0.5) is 14.9 Å². The van der Waals surface area contributed by atoms with Gasteiger partial charge in [0.25, 0.3) is 5.91 Å². The first-order valence-corrected chi connectivity index (χ1v) is 13.3. The molecule has 11 nitrogen and oxygen atoms in total. The minimum absolute atomic E-state index is 0.0348. The molecule has 3 heterocycles. The van der Waals surface area contributed by atoms with E-state index in [0.29, 0.717) is 29.2 Å². The van der Waals surface area contributed by atoms with Crippen LogP contribution in [0.25, 0.3) is 16.9 Å². The van der Waals surface area contributed by atoms with E-state index in [4.69, 9.17) is 10.00 Å². The Morgan fingerprint density at radius 1 is 1.25 bits per heavy atom. The average molecular weight is 550 g/mol. The number of hydrogen-bond acceptors (Lipinski definition) is 8. The molecule has 3 aromatic heterocycles. The number of anilines is 1. The number of rotatable bonds is 10. The molecule has 2 fully saturated rings. The molecule has 4 N–H and O–H groups in total. The van der Waals surface area contributed by atoms with E-state index in [0.717, 1.165) is 31.2 Å². The van der Waals surface area contributed by atoms with E-state index in [1.165, 1.54) is 26.2 Å². The molecule has 0 spiro atoms. The predicted octanol–water partition coefficient (Wildman–Crippen LogP) is 3.19. The van der Waals surface area contributed by atoms with Crippen molar-refractivity contribution in [1.82, 2.24) is 25.2 Å². The second-order valence-corrected chi connectivity index (χ2v) is 11.1. The molecule has 2 amide bonds. The predicted molar refractivity (Wildman–Crippen MR) is 144 cm³/mol. The minimum Gasteiger partial charge on any atom is -0.449 e. The van der Waals surface area contributed by atoms with Crippen LogP contribution in [0.1, 0.15) is 55.5 Å². The van der Waals surface area contributed by atoms with Crippen molar-refractivity contribution in [1.29, 1.82) is 5.26 Å². The molecule has 2 aliphatic carbocycles. The number of ether oxygens (including phenoxy) is 1. The van der Waals surface area contributed by atoms with Crippen LogP contribution < -0.4 is 16.0 Å². The van der Waals surface area contributed by atoms with E-state index in [1.54, 1.807) is 16.6 Å². The molecule has 0 bridgehead atoms. The Morgan fingerprint density at radius 2 is 2.02 bits per heavy atom. The molecule has 5 rings (SSSR count). The van der Waals surface area contributed by atoms with Gasteiger partial charge in [0.1, 0.15) is 12.2 Å². The van der Waals surface area contributed by atoms with Crippen LogP contribution in [0.2, 0.25) is 0 Å². The molecule has 0 saturated heterocycles. The van der Waals surface area contributed by atoms with E-state index in [-0.39, 0.29) is 36.2 Å². The standard InChI is InChI=1S/C28H32FN7O4/c1-28(2,39)25(29)14-32-26(37)21-13-31-23(24-6-5-20-9-17(11-30)12-33-36(20)24)10-22(21)34-19-7-16(8-19)15-40-27(38)35-18-3-4-18/h5-6,9-10,12-13,16,18-19,25,39H,3-4,7-8,14-15H2,1-2H3,(H,31,34)(H,32,37)(H,35,38)/t16?,19?,25-/m1/s1. The summed E-state index contributed by atoms with van der Waals surface area (Å²) in [5.41, 5.74) is 1.53. The zero-order valence-electron chi connectivity index (χ0n) is 22.4. The Labute approximate surface area is 230 Å². The fourth-order valence-corrected chi connectivity index (χ4v) is 4.52. The molecule has 40 heavy (non-hydrogen) atoms. The molecule has 2 aliphatic rings. The molecular weight excluding hydrogens is 517 g/mol. The molecule has 12 heteroatoms. The van der Waals surface area contributed by atoms with Crippen LogP contribution in [-0.4, -0.2) is 68.7 Å². The third-order valence-corrected chi connectivity index (χ3v) is 7.19. The summed E-state index contributed by atoms with van der Waals surface area (Å²) in [6.45, 7) is 2.65. The Hall–Kier alpha value is -4.24. The molecule has 3 aromatic rings. The lowest BCUT2D eigenvalue weighted by Crippen LogP contribution is -2.42. The van der Waals surface area contributed by atoms with Gasteiger partial charge in [0, 0.05) is 18.3 Å². The Bertz CT molecular complexity index is 1450. The number of nitriles is 1. The number of alkyl carbamates (subject to hydrolysis) is 1. The summed E-state index contributed by atoms with van der Waals surface area (Å²) in [4.78, 5) is 29.3. The van der Waals surface area contributed by atoms with E-state index in [2.05, 4.69) is 32.1 Å². The Kier molecular flexibility index (Phi) is 7.58. The van der Waals surface area contributed by atoms with Crippen LogP contribution in [0.3, 0.4) is 0 Å². The number of nitrogens with zero attached hydrogens (tertiary/aromatic N) is 4. The van der Waals surface area contributed by atoms with Crippen LogP contribution in [0, 0.1) is 17.2 Å². The smallest absolute Gasteiger partial charge is 0.407 e. The fourth-order valence-electron chi connectivity index (χ4n) is 4.52. The molecule has 0 radical (unpaired) electrons. The average Bonchev–Trinajstić information content (AvgIpc) is 3.62. The SMILES string of the molecule is CC(C)(O)[C@H](F)CNC(=O)c1cnc(-c2ccc3cc(C#N)cnn23)cc1NC1CC(COC(=O)NC2CC2)C1. The van der Waals surface area contributed by atoms with E-state index in [1.807, 2.05) is 12.1 Å². The number of nitrogens with one attached hydrogen (secondary N) is 3. The highest BCUT2D eigenvalue weighted by Crippen LogP contribution is 2.33. The number of pyridine rings is 1. The van der Waals surface area contributed by atoms with Crippen LogP contribution >= 0.6 is 0 Å². The van der Waals surface area contributed by atoms with Crippen molar-refractivity contribution in [2.24, 2.45) is 5.92 Å². The summed E-state index contributed by atoms with van der Waals surface area (Å²) in [6, 6.07) is 9.46. The van der Waals surface area contributed by atoms with E-state index in [9.17, 15) is 19.1 Å². The first-order chi connectivity index (χ1) is 19.1. The van der Waals surface area contributed by atoms with Crippen molar-refractivity contribution >= 4 is 23.2 Å². The Balaban J connectivity index is 1.31. The number of halogens is 1. The molecule has 0 aromatic carbocycles. The van der Waals surface area contributed by atoms with Crippen molar-refractivity contribution in [3.8, 4) is 17.5 Å². The van der Waals surface area contributed by atoms with Crippen LogP contribution in [0.15, 0.2) is 36.7 Å². The number of aromatic nitrogens is 3. The number of carbonyl (C=O) groups is 2. The third-order valence-electron chi connectivity index (χ3n) is 7.19. The number of alkyl halides is 1. The highest BCUT2D eigenvalue weighted by molar-refractivity contribution is 6.00. The second-order valence-electron chi connectivity index (χ2n) is 11.1. The van der Waals surface area contributed by atoms with Gasteiger partial charge in [-0.1, -0.05) is 0 Å². The lowest BCUT2D eigenvalue weighted by molar-refractivity contribution is -0.00178. The van der Waals surface area contributed by atoms with Crippen molar-refractivity contribution in [3.05, 3.63) is 47.8 Å². The third kappa shape index (κ3) is 6.31. The maximum absolute atomic E-state index is 14.3. The summed E-state index contributed by atoms with van der Waals surface area (Å²) < 4.78 is 21.3. The molecule has 1 atom stereocenters. The lowest BCUT2D eigenvalue weighted by atomic mass is 9.80. The molecule has 0 aliphatic heterocycles. The number of amides is 2. The number of carbonyl (C=O) groups excluding carboxylic acids is 2. The van der Waals surface area contributed by atoms with Gasteiger partial charge in [0.15, 0.2) is 0 Å². The van der Waals surface area contributed by atoms with Crippen LogP contribution in [0.5, 0.6) is 0 Å². The van der Waals surface area contributed by atoms with Gasteiger partial charge in [-0.2, -0.15) is 10.4 Å². The minimum atomic E-state index is -1.65. The fraction of sp³-hybridized carbons (Fsp3) is 0.464.